The maximum absolute atomic E-state index is 13.2. The van der Waals surface area contributed by atoms with Crippen LogP contribution in [0.2, 0.25) is 18.1 Å². The van der Waals surface area contributed by atoms with Crippen LogP contribution in [0.15, 0.2) is 0 Å². The van der Waals surface area contributed by atoms with E-state index in [1.165, 1.54) is 0 Å². The smallest absolute Gasteiger partial charge is 0.311 e. The quantitative estimate of drug-likeness (QED) is 0.394. The molecule has 0 radical (unpaired) electrons. The molecule has 7 nitrogen and oxygen atoms in total. The van der Waals surface area contributed by atoms with Gasteiger partial charge in [-0.15, -0.1) is 0 Å². The number of hydrogen-bond acceptors (Lipinski definition) is 7. The highest BCUT2D eigenvalue weighted by molar-refractivity contribution is 6.73. The second kappa shape index (κ2) is 9.99. The second-order valence-corrected chi connectivity index (χ2v) is 16.7. The number of cyclic esters (lactones) is 1. The number of carbonyl (C=O) groups excluding carboxylic acids is 1. The van der Waals surface area contributed by atoms with Crippen molar-refractivity contribution in [2.75, 3.05) is 0 Å². The van der Waals surface area contributed by atoms with Gasteiger partial charge < -0.3 is 28.8 Å². The molecular formula is C27H50O7Si. The number of hydrogen-bond donors (Lipinski definition) is 2. The average Bonchev–Trinajstić information content (AvgIpc) is 3.03. The predicted molar refractivity (Wildman–Crippen MR) is 137 cm³/mol. The van der Waals surface area contributed by atoms with Crippen LogP contribution in [0.4, 0.5) is 0 Å². The lowest BCUT2D eigenvalue weighted by atomic mass is 9.71. The Morgan fingerprint density at radius 2 is 1.60 bits per heavy atom. The first-order chi connectivity index (χ1) is 16.2. The molecule has 0 saturated carbocycles. The van der Waals surface area contributed by atoms with Crippen molar-refractivity contribution in [1.82, 2.24) is 0 Å². The van der Waals surface area contributed by atoms with Crippen LogP contribution in [0.3, 0.4) is 0 Å². The Morgan fingerprint density at radius 3 is 2.11 bits per heavy atom. The summed E-state index contributed by atoms with van der Waals surface area (Å²) in [6, 6.07) is 3.01. The lowest BCUT2D eigenvalue weighted by molar-refractivity contribution is -0.365. The summed E-state index contributed by atoms with van der Waals surface area (Å²) in [5, 5.41) is 22.9. The van der Waals surface area contributed by atoms with Crippen LogP contribution >= 0.6 is 0 Å². The summed E-state index contributed by atoms with van der Waals surface area (Å²) in [6.45, 7) is 20.2. The first-order valence-electron chi connectivity index (χ1n) is 13.9. The molecule has 3 aliphatic heterocycles. The van der Waals surface area contributed by atoms with Crippen LogP contribution in [0.25, 0.3) is 0 Å². The van der Waals surface area contributed by atoms with Gasteiger partial charge in [0.05, 0.1) is 29.8 Å². The maximum Gasteiger partial charge on any atom is 0.311 e. The van der Waals surface area contributed by atoms with Gasteiger partial charge in [0, 0.05) is 17.8 Å². The summed E-state index contributed by atoms with van der Waals surface area (Å²) in [6.07, 6.45) is -1.86. The molecule has 0 amide bonds. The Morgan fingerprint density at radius 1 is 1.03 bits per heavy atom. The van der Waals surface area contributed by atoms with Gasteiger partial charge in [0.15, 0.2) is 14.1 Å². The summed E-state index contributed by atoms with van der Waals surface area (Å²) < 4.78 is 26.8. The fraction of sp³-hybridized carbons (Fsp3) is 0.963. The SMILES string of the molecule is CC[C@H]1OC(=O)[C@H](C)[C@@H](O)[C@H](C)[C@H]2OC3(O[C@@]1(C)[C@H](O)[C@H]3C)[C@H](C)C[C@@]2(C)O[Si](CC)(CC)CC. The normalized spacial score (nSPS) is 48.9. The van der Waals surface area contributed by atoms with E-state index >= 15 is 0 Å². The van der Waals surface area contributed by atoms with Crippen molar-refractivity contribution < 1.29 is 33.6 Å². The summed E-state index contributed by atoms with van der Waals surface area (Å²) in [5.41, 5.74) is -1.78. The van der Waals surface area contributed by atoms with Crippen molar-refractivity contribution >= 4 is 14.3 Å². The van der Waals surface area contributed by atoms with Crippen molar-refractivity contribution in [3.63, 3.8) is 0 Å². The number of ether oxygens (including phenoxy) is 3. The molecule has 1 unspecified atom stereocenters. The number of aliphatic hydroxyl groups excluding tert-OH is 2. The predicted octanol–water partition coefficient (Wildman–Crippen LogP) is 4.64. The number of carbonyl (C=O) groups is 1. The van der Waals surface area contributed by atoms with Crippen molar-refractivity contribution in [2.24, 2.45) is 23.7 Å². The molecule has 204 valence electrons. The number of esters is 1. The third-order valence-corrected chi connectivity index (χ3v) is 14.7. The molecule has 3 fully saturated rings. The van der Waals surface area contributed by atoms with E-state index < -0.39 is 67.5 Å². The number of rotatable bonds is 6. The van der Waals surface area contributed by atoms with Gasteiger partial charge >= 0.3 is 5.97 Å². The van der Waals surface area contributed by atoms with E-state index in [2.05, 4.69) is 34.6 Å². The van der Waals surface area contributed by atoms with Gasteiger partial charge in [0.25, 0.3) is 0 Å². The van der Waals surface area contributed by atoms with E-state index in [-0.39, 0.29) is 11.8 Å². The minimum absolute atomic E-state index is 0.0804. The third-order valence-electron chi connectivity index (χ3n) is 9.94. The van der Waals surface area contributed by atoms with Gasteiger partial charge in [-0.2, -0.15) is 0 Å². The standard InChI is InChI=1S/C27H50O7Si/c1-11-20-26(10)22(29)19(8)27(33-26)16(5)15-25(9,34-35(12-2,13-3)14-4)23(32-27)17(6)21(28)18(7)24(30)31-20/h16-23,28-29H,11-15H2,1-10H3/t16-,17+,18-,19-,20-,21+,22-,23-,25-,26-,27?/m1/s1. The van der Waals surface area contributed by atoms with Crippen LogP contribution in [0.1, 0.15) is 82.1 Å². The Bertz CT molecular complexity index is 766. The summed E-state index contributed by atoms with van der Waals surface area (Å²) >= 11 is 0. The van der Waals surface area contributed by atoms with Gasteiger partial charge in [0.1, 0.15) is 11.7 Å². The van der Waals surface area contributed by atoms with Gasteiger partial charge in [-0.3, -0.25) is 4.79 Å². The van der Waals surface area contributed by atoms with Gasteiger partial charge in [-0.1, -0.05) is 48.5 Å². The maximum atomic E-state index is 13.2. The van der Waals surface area contributed by atoms with Crippen molar-refractivity contribution in [3.05, 3.63) is 0 Å². The Kier molecular flexibility index (Phi) is 8.29. The molecule has 3 bridgehead atoms. The van der Waals surface area contributed by atoms with Gasteiger partial charge in [-0.05, 0) is 51.7 Å². The van der Waals surface area contributed by atoms with E-state index in [4.69, 9.17) is 18.6 Å². The largest absolute Gasteiger partial charge is 0.459 e. The minimum Gasteiger partial charge on any atom is -0.459 e. The van der Waals surface area contributed by atoms with E-state index in [9.17, 15) is 15.0 Å². The zero-order valence-corrected chi connectivity index (χ0v) is 24.6. The van der Waals surface area contributed by atoms with E-state index in [1.807, 2.05) is 27.7 Å². The highest BCUT2D eigenvalue weighted by Gasteiger charge is 2.69. The van der Waals surface area contributed by atoms with E-state index in [1.54, 1.807) is 6.92 Å². The fourth-order valence-electron chi connectivity index (χ4n) is 7.31. The van der Waals surface area contributed by atoms with Gasteiger partial charge in [0.2, 0.25) is 0 Å². The molecule has 8 heteroatoms. The van der Waals surface area contributed by atoms with Crippen molar-refractivity contribution in [3.8, 4) is 0 Å². The van der Waals surface area contributed by atoms with Crippen LogP contribution in [-0.4, -0.2) is 65.9 Å². The molecule has 1 spiro atoms. The van der Waals surface area contributed by atoms with E-state index in [0.717, 1.165) is 18.1 Å². The molecule has 3 aliphatic rings. The lowest BCUT2D eigenvalue weighted by Crippen LogP contribution is -2.66. The van der Waals surface area contributed by atoms with Gasteiger partial charge in [-0.25, -0.2) is 0 Å². The third kappa shape index (κ3) is 4.44. The second-order valence-electron chi connectivity index (χ2n) is 12.0. The molecule has 0 aliphatic carbocycles. The van der Waals surface area contributed by atoms with Crippen LogP contribution in [0.5, 0.6) is 0 Å². The lowest BCUT2D eigenvalue weighted by Gasteiger charge is -2.57. The zero-order valence-electron chi connectivity index (χ0n) is 23.6. The molecule has 35 heavy (non-hydrogen) atoms. The van der Waals surface area contributed by atoms with E-state index in [0.29, 0.717) is 12.8 Å². The molecule has 3 rings (SSSR count). The Hall–Kier alpha value is -0.513. The Balaban J connectivity index is 2.17. The molecule has 3 saturated heterocycles. The summed E-state index contributed by atoms with van der Waals surface area (Å²) in [5.74, 6) is -3.15. The first-order valence-corrected chi connectivity index (χ1v) is 16.4. The van der Waals surface area contributed by atoms with Crippen molar-refractivity contribution in [2.45, 2.75) is 142 Å². The highest BCUT2D eigenvalue weighted by atomic mass is 28.4. The zero-order chi connectivity index (χ0) is 26.6. The first kappa shape index (κ1) is 29.0. The Labute approximate surface area is 213 Å². The molecule has 0 aromatic rings. The number of aliphatic hydroxyl groups is 2. The molecular weight excluding hydrogens is 464 g/mol. The highest BCUT2D eigenvalue weighted by Crippen LogP contribution is 2.57. The monoisotopic (exact) mass is 514 g/mol. The van der Waals surface area contributed by atoms with Crippen molar-refractivity contribution in [1.29, 1.82) is 0 Å². The molecule has 0 aromatic carbocycles. The molecule has 0 aromatic heterocycles. The molecule has 11 atom stereocenters. The van der Waals surface area contributed by atoms with Crippen LogP contribution < -0.4 is 0 Å². The average molecular weight is 515 g/mol. The minimum atomic E-state index is -2.04. The topological polar surface area (TPSA) is 94.5 Å². The van der Waals surface area contributed by atoms with Crippen LogP contribution in [0, 0.1) is 23.7 Å². The fourth-order valence-corrected chi connectivity index (χ4v) is 10.4. The number of fused-ring (bicyclic) bond motifs is 2. The molecule has 3 heterocycles. The summed E-state index contributed by atoms with van der Waals surface area (Å²) in [7, 11) is -2.04. The van der Waals surface area contributed by atoms with Crippen LogP contribution in [-0.2, 0) is 23.4 Å². The molecule has 2 N–H and O–H groups in total. The summed E-state index contributed by atoms with van der Waals surface area (Å²) in [4.78, 5) is 13.2.